The lowest BCUT2D eigenvalue weighted by atomic mass is 10.2. The molecular weight excluding hydrogens is 260 g/mol. The van der Waals surface area contributed by atoms with Gasteiger partial charge in [0.1, 0.15) is 11.9 Å². The van der Waals surface area contributed by atoms with Crippen LogP contribution in [0.2, 0.25) is 0 Å². The van der Waals surface area contributed by atoms with E-state index in [1.54, 1.807) is 6.92 Å². The van der Waals surface area contributed by atoms with E-state index in [0.717, 1.165) is 26.1 Å². The topological polar surface area (TPSA) is 86.6 Å². The average molecular weight is 278 g/mol. The molecule has 1 aliphatic heterocycles. The van der Waals surface area contributed by atoms with Crippen molar-refractivity contribution in [3.8, 4) is 0 Å². The Morgan fingerprint density at radius 1 is 1.30 bits per heavy atom. The number of carboxylic acid groups (broad SMARTS) is 1. The van der Waals surface area contributed by atoms with E-state index in [4.69, 9.17) is 5.11 Å². The number of amides is 1. The molecule has 1 aliphatic rings. The van der Waals surface area contributed by atoms with Crippen molar-refractivity contribution in [2.24, 2.45) is 0 Å². The Hall–Kier alpha value is -2.02. The number of carbonyl (C=O) groups is 2. The fourth-order valence-corrected chi connectivity index (χ4v) is 2.32. The first-order valence-electron chi connectivity index (χ1n) is 6.58. The number of carboxylic acids is 1. The second-order valence-corrected chi connectivity index (χ2v) is 4.82. The molecule has 0 aliphatic carbocycles. The summed E-state index contributed by atoms with van der Waals surface area (Å²) in [4.78, 5) is 34.2. The van der Waals surface area contributed by atoms with Gasteiger partial charge in [0.05, 0.1) is 5.69 Å². The summed E-state index contributed by atoms with van der Waals surface area (Å²) >= 11 is 0. The average Bonchev–Trinajstić information content (AvgIpc) is 2.65. The quantitative estimate of drug-likeness (QED) is 0.851. The van der Waals surface area contributed by atoms with E-state index in [9.17, 15) is 9.59 Å². The number of aromatic nitrogens is 2. The smallest absolute Gasteiger partial charge is 0.339 e. The molecule has 1 aromatic heterocycles. The van der Waals surface area contributed by atoms with Crippen molar-refractivity contribution in [3.05, 3.63) is 23.8 Å². The van der Waals surface area contributed by atoms with E-state index < -0.39 is 5.97 Å². The Balaban J connectivity index is 2.04. The highest BCUT2D eigenvalue weighted by molar-refractivity contribution is 5.88. The molecule has 20 heavy (non-hydrogen) atoms. The van der Waals surface area contributed by atoms with Gasteiger partial charge < -0.3 is 10.0 Å². The van der Waals surface area contributed by atoms with Crippen molar-refractivity contribution in [3.63, 3.8) is 0 Å². The van der Waals surface area contributed by atoms with Crippen molar-refractivity contribution >= 4 is 11.9 Å². The zero-order valence-corrected chi connectivity index (χ0v) is 11.4. The van der Waals surface area contributed by atoms with Crippen LogP contribution in [0.4, 0.5) is 0 Å². The molecule has 0 spiro atoms. The lowest BCUT2D eigenvalue weighted by Crippen LogP contribution is -2.33. The Kier molecular flexibility index (Phi) is 4.62. The summed E-state index contributed by atoms with van der Waals surface area (Å²) in [5.74, 6) is -0.930. The number of rotatable bonds is 3. The minimum atomic E-state index is -1.01. The Labute approximate surface area is 117 Å². The van der Waals surface area contributed by atoms with Gasteiger partial charge in [-0.15, -0.1) is 0 Å². The first kappa shape index (κ1) is 14.4. The number of carbonyl (C=O) groups excluding carboxylic acids is 1. The van der Waals surface area contributed by atoms with Crippen LogP contribution in [0.5, 0.6) is 0 Å². The minimum absolute atomic E-state index is 0.0834. The van der Waals surface area contributed by atoms with Gasteiger partial charge in [-0.3, -0.25) is 9.69 Å². The normalized spacial score (nSPS) is 16.8. The molecule has 1 fully saturated rings. The fourth-order valence-electron chi connectivity index (χ4n) is 2.32. The molecule has 0 saturated carbocycles. The lowest BCUT2D eigenvalue weighted by molar-refractivity contribution is -0.128. The van der Waals surface area contributed by atoms with Gasteiger partial charge in [-0.05, 0) is 6.42 Å². The summed E-state index contributed by atoms with van der Waals surface area (Å²) in [6.45, 7) is 5.01. The maximum atomic E-state index is 11.4. The molecule has 1 N–H and O–H groups in total. The molecule has 1 aromatic rings. The molecule has 2 heterocycles. The summed E-state index contributed by atoms with van der Waals surface area (Å²) in [5.41, 5.74) is 0.656. The Morgan fingerprint density at radius 3 is 2.80 bits per heavy atom. The summed E-state index contributed by atoms with van der Waals surface area (Å²) in [5, 5.41) is 9.11. The highest BCUT2D eigenvalue weighted by atomic mass is 16.4. The standard InChI is InChI=1S/C13H18N4O3/c1-10(18)17-4-2-3-16(5-6-17)8-12-11(13(19)20)7-14-9-15-12/h7,9H,2-6,8H2,1H3,(H,19,20). The van der Waals surface area contributed by atoms with Crippen LogP contribution in [0.25, 0.3) is 0 Å². The molecule has 108 valence electrons. The van der Waals surface area contributed by atoms with Gasteiger partial charge in [-0.2, -0.15) is 0 Å². The summed E-state index contributed by atoms with van der Waals surface area (Å²) in [6.07, 6.45) is 3.57. The van der Waals surface area contributed by atoms with Crippen LogP contribution in [0.1, 0.15) is 29.4 Å². The molecule has 0 radical (unpaired) electrons. The summed E-state index contributed by atoms with van der Waals surface area (Å²) in [7, 11) is 0. The van der Waals surface area contributed by atoms with Crippen LogP contribution in [0.15, 0.2) is 12.5 Å². The molecule has 0 bridgehead atoms. The fraction of sp³-hybridized carbons (Fsp3) is 0.538. The van der Waals surface area contributed by atoms with Crippen molar-refractivity contribution in [1.82, 2.24) is 19.8 Å². The number of nitrogens with zero attached hydrogens (tertiary/aromatic N) is 4. The van der Waals surface area contributed by atoms with E-state index in [1.165, 1.54) is 12.5 Å². The third-order valence-corrected chi connectivity index (χ3v) is 3.43. The Bertz CT molecular complexity index is 506. The van der Waals surface area contributed by atoms with Gasteiger partial charge in [0, 0.05) is 45.8 Å². The van der Waals surface area contributed by atoms with Gasteiger partial charge in [0.2, 0.25) is 5.91 Å². The van der Waals surface area contributed by atoms with Crippen LogP contribution in [-0.4, -0.2) is 62.9 Å². The van der Waals surface area contributed by atoms with E-state index >= 15 is 0 Å². The second kappa shape index (κ2) is 6.42. The zero-order valence-electron chi connectivity index (χ0n) is 11.4. The number of aromatic carboxylic acids is 1. The molecule has 7 nitrogen and oxygen atoms in total. The van der Waals surface area contributed by atoms with Crippen molar-refractivity contribution < 1.29 is 14.7 Å². The van der Waals surface area contributed by atoms with Crippen LogP contribution in [0.3, 0.4) is 0 Å². The van der Waals surface area contributed by atoms with Gasteiger partial charge in [0.25, 0.3) is 0 Å². The van der Waals surface area contributed by atoms with Crippen molar-refractivity contribution in [2.45, 2.75) is 19.9 Å². The van der Waals surface area contributed by atoms with Gasteiger partial charge in [-0.1, -0.05) is 0 Å². The van der Waals surface area contributed by atoms with E-state index in [0.29, 0.717) is 18.8 Å². The summed E-state index contributed by atoms with van der Waals surface area (Å²) in [6, 6.07) is 0. The third kappa shape index (κ3) is 3.51. The molecular formula is C13H18N4O3. The van der Waals surface area contributed by atoms with Crippen molar-refractivity contribution in [1.29, 1.82) is 0 Å². The zero-order chi connectivity index (χ0) is 14.5. The molecule has 1 amide bonds. The third-order valence-electron chi connectivity index (χ3n) is 3.43. The summed E-state index contributed by atoms with van der Waals surface area (Å²) < 4.78 is 0. The van der Waals surface area contributed by atoms with Gasteiger partial charge in [-0.25, -0.2) is 14.8 Å². The van der Waals surface area contributed by atoms with E-state index in [1.807, 2.05) is 4.90 Å². The van der Waals surface area contributed by atoms with Gasteiger partial charge in [0.15, 0.2) is 0 Å². The van der Waals surface area contributed by atoms with Crippen LogP contribution in [0, 0.1) is 0 Å². The molecule has 0 aromatic carbocycles. The first-order chi connectivity index (χ1) is 9.58. The predicted molar refractivity (Wildman–Crippen MR) is 71.1 cm³/mol. The lowest BCUT2D eigenvalue weighted by Gasteiger charge is -2.21. The van der Waals surface area contributed by atoms with E-state index in [2.05, 4.69) is 14.9 Å². The van der Waals surface area contributed by atoms with Crippen LogP contribution < -0.4 is 0 Å². The minimum Gasteiger partial charge on any atom is -0.478 e. The SMILES string of the molecule is CC(=O)N1CCCN(Cc2ncncc2C(=O)O)CC1. The molecule has 1 saturated heterocycles. The highest BCUT2D eigenvalue weighted by Gasteiger charge is 2.19. The highest BCUT2D eigenvalue weighted by Crippen LogP contribution is 2.10. The van der Waals surface area contributed by atoms with E-state index in [-0.39, 0.29) is 11.5 Å². The molecule has 0 unspecified atom stereocenters. The predicted octanol–water partition coefficient (Wildman–Crippen LogP) is 0.229. The maximum Gasteiger partial charge on any atom is 0.339 e. The molecule has 0 atom stereocenters. The van der Waals surface area contributed by atoms with Crippen molar-refractivity contribution in [2.75, 3.05) is 26.2 Å². The first-order valence-corrected chi connectivity index (χ1v) is 6.58. The van der Waals surface area contributed by atoms with Crippen LogP contribution >= 0.6 is 0 Å². The monoisotopic (exact) mass is 278 g/mol. The number of hydrogen-bond donors (Lipinski definition) is 1. The molecule has 7 heteroatoms. The second-order valence-electron chi connectivity index (χ2n) is 4.82. The Morgan fingerprint density at radius 2 is 2.10 bits per heavy atom. The molecule has 2 rings (SSSR count). The van der Waals surface area contributed by atoms with Crippen LogP contribution in [-0.2, 0) is 11.3 Å². The number of hydrogen-bond acceptors (Lipinski definition) is 5. The van der Waals surface area contributed by atoms with Gasteiger partial charge >= 0.3 is 5.97 Å². The maximum absolute atomic E-state index is 11.4. The largest absolute Gasteiger partial charge is 0.478 e.